The number of nitrogens with two attached hydrogens (primary N) is 1. The summed E-state index contributed by atoms with van der Waals surface area (Å²) in [6.45, 7) is 0. The minimum Gasteiger partial charge on any atom is -0.327 e. The van der Waals surface area contributed by atoms with Crippen LogP contribution in [0.2, 0.25) is 0 Å². The van der Waals surface area contributed by atoms with E-state index in [4.69, 9.17) is 5.73 Å². The van der Waals surface area contributed by atoms with Crippen molar-refractivity contribution in [3.05, 3.63) is 24.4 Å². The first kappa shape index (κ1) is 19.1. The predicted octanol–water partition coefficient (Wildman–Crippen LogP) is 2.76. The Balaban J connectivity index is 0.00000104. The van der Waals surface area contributed by atoms with Crippen molar-refractivity contribution in [1.82, 2.24) is 15.2 Å². The van der Waals surface area contributed by atoms with Gasteiger partial charge in [-0.15, -0.1) is 35.0 Å². The Labute approximate surface area is 156 Å². The maximum Gasteiger partial charge on any atom is 0.231 e. The molecule has 3 N–H and O–H groups in total. The Morgan fingerprint density at radius 3 is 2.67 bits per heavy atom. The average molecular weight is 388 g/mol. The lowest BCUT2D eigenvalue weighted by Crippen LogP contribution is -2.42. The fraction of sp³-hybridized carbons (Fsp3) is 0.467. The van der Waals surface area contributed by atoms with Gasteiger partial charge < -0.3 is 11.1 Å². The van der Waals surface area contributed by atoms with Gasteiger partial charge in [-0.1, -0.05) is 17.4 Å². The van der Waals surface area contributed by atoms with Gasteiger partial charge >= 0.3 is 0 Å². The van der Waals surface area contributed by atoms with Gasteiger partial charge in [0.15, 0.2) is 5.01 Å². The Bertz CT molecular complexity index is 696. The summed E-state index contributed by atoms with van der Waals surface area (Å²) in [5.74, 6) is 0.854. The summed E-state index contributed by atoms with van der Waals surface area (Å²) in [6, 6.07) is 5.61. The zero-order chi connectivity index (χ0) is 15.1. The highest BCUT2D eigenvalue weighted by Crippen LogP contribution is 2.48. The molecule has 2 heterocycles. The van der Waals surface area contributed by atoms with E-state index < -0.39 is 0 Å². The fourth-order valence-electron chi connectivity index (χ4n) is 3.78. The Morgan fingerprint density at radius 2 is 2.00 bits per heavy atom. The minimum absolute atomic E-state index is 0. The van der Waals surface area contributed by atoms with Crippen LogP contribution in [-0.4, -0.2) is 27.1 Å². The van der Waals surface area contributed by atoms with E-state index in [-0.39, 0.29) is 42.7 Å². The van der Waals surface area contributed by atoms with Gasteiger partial charge in [-0.2, -0.15) is 0 Å². The average Bonchev–Trinajstić information content (AvgIpc) is 3.23. The molecule has 4 atom stereocenters. The molecule has 2 saturated carbocycles. The highest BCUT2D eigenvalue weighted by Gasteiger charge is 2.49. The lowest BCUT2D eigenvalue weighted by atomic mass is 9.84. The van der Waals surface area contributed by atoms with Crippen LogP contribution in [0, 0.1) is 17.8 Å². The lowest BCUT2D eigenvalue weighted by molar-refractivity contribution is -0.121. The number of carbonyl (C=O) groups is 1. The van der Waals surface area contributed by atoms with Crippen LogP contribution in [0.5, 0.6) is 0 Å². The third-order valence-corrected chi connectivity index (χ3v) is 5.68. The second kappa shape index (κ2) is 7.74. The van der Waals surface area contributed by atoms with Crippen molar-refractivity contribution in [3.63, 3.8) is 0 Å². The smallest absolute Gasteiger partial charge is 0.231 e. The molecule has 4 unspecified atom stereocenters. The first-order valence-electron chi connectivity index (χ1n) is 7.54. The van der Waals surface area contributed by atoms with Crippen molar-refractivity contribution in [3.8, 4) is 10.7 Å². The summed E-state index contributed by atoms with van der Waals surface area (Å²) < 4.78 is 0. The van der Waals surface area contributed by atoms with Crippen LogP contribution >= 0.6 is 36.2 Å². The quantitative estimate of drug-likeness (QED) is 0.843. The lowest BCUT2D eigenvalue weighted by Gasteiger charge is -2.26. The number of amides is 1. The van der Waals surface area contributed by atoms with Gasteiger partial charge in [0.1, 0.15) is 5.69 Å². The van der Waals surface area contributed by atoms with Gasteiger partial charge in [-0.25, -0.2) is 0 Å². The van der Waals surface area contributed by atoms with Crippen LogP contribution < -0.4 is 11.1 Å². The first-order chi connectivity index (χ1) is 10.7. The molecule has 6 nitrogen and oxygen atoms in total. The molecule has 2 fully saturated rings. The van der Waals surface area contributed by atoms with Crippen molar-refractivity contribution in [1.29, 1.82) is 0 Å². The molecule has 9 heteroatoms. The molecule has 2 bridgehead atoms. The van der Waals surface area contributed by atoms with Crippen LogP contribution in [-0.2, 0) is 4.79 Å². The van der Waals surface area contributed by atoms with Crippen LogP contribution in [0.4, 0.5) is 5.13 Å². The van der Waals surface area contributed by atoms with E-state index in [0.29, 0.717) is 22.0 Å². The molecule has 0 spiro atoms. The van der Waals surface area contributed by atoms with Crippen molar-refractivity contribution >= 4 is 47.2 Å². The standard InChI is InChI=1S/C15H17N5OS.2ClH/c16-12-9-5-4-8(7-9)11(12)13(21)18-15-20-19-14(22-15)10-3-1-2-6-17-10;;/h1-3,6,8-9,11-12H,4-5,7,16H2,(H,18,20,21);2*1H. The summed E-state index contributed by atoms with van der Waals surface area (Å²) in [4.78, 5) is 16.7. The summed E-state index contributed by atoms with van der Waals surface area (Å²) in [6.07, 6.45) is 5.09. The fourth-order valence-corrected chi connectivity index (χ4v) is 4.50. The van der Waals surface area contributed by atoms with Gasteiger partial charge in [0.2, 0.25) is 11.0 Å². The summed E-state index contributed by atoms with van der Waals surface area (Å²) in [5, 5.41) is 12.2. The number of pyridine rings is 1. The molecule has 4 rings (SSSR count). The van der Waals surface area contributed by atoms with Gasteiger partial charge in [0.25, 0.3) is 0 Å². The van der Waals surface area contributed by atoms with E-state index in [9.17, 15) is 4.79 Å². The molecule has 0 aromatic carbocycles. The first-order valence-corrected chi connectivity index (χ1v) is 8.35. The monoisotopic (exact) mass is 387 g/mol. The molecule has 2 aliphatic rings. The third kappa shape index (κ3) is 3.39. The van der Waals surface area contributed by atoms with Crippen molar-refractivity contribution in [2.24, 2.45) is 23.5 Å². The number of nitrogens with one attached hydrogen (secondary N) is 1. The molecule has 24 heavy (non-hydrogen) atoms. The molecule has 1 amide bonds. The SMILES string of the molecule is Cl.Cl.NC1C2CCC(C2)C1C(=O)Nc1nnc(-c2ccccn2)s1. The molecule has 0 radical (unpaired) electrons. The second-order valence-electron chi connectivity index (χ2n) is 6.05. The third-order valence-electron chi connectivity index (χ3n) is 4.82. The maximum atomic E-state index is 12.5. The largest absolute Gasteiger partial charge is 0.327 e. The summed E-state index contributed by atoms with van der Waals surface area (Å²) in [7, 11) is 0. The number of anilines is 1. The normalized spacial score (nSPS) is 27.2. The van der Waals surface area contributed by atoms with E-state index in [2.05, 4.69) is 20.5 Å². The van der Waals surface area contributed by atoms with E-state index in [0.717, 1.165) is 25.0 Å². The van der Waals surface area contributed by atoms with Gasteiger partial charge in [-0.05, 0) is 43.2 Å². The zero-order valence-electron chi connectivity index (χ0n) is 12.8. The number of halogens is 2. The molecular weight excluding hydrogens is 369 g/mol. The molecule has 2 aromatic heterocycles. The number of aromatic nitrogens is 3. The Hall–Kier alpha value is -1.28. The van der Waals surface area contributed by atoms with Crippen LogP contribution in [0.25, 0.3) is 10.7 Å². The number of rotatable bonds is 3. The number of nitrogens with zero attached hydrogens (tertiary/aromatic N) is 3. The molecule has 130 valence electrons. The van der Waals surface area contributed by atoms with Crippen molar-refractivity contribution < 1.29 is 4.79 Å². The number of hydrogen-bond acceptors (Lipinski definition) is 6. The van der Waals surface area contributed by atoms with Crippen LogP contribution in [0.1, 0.15) is 19.3 Å². The molecular formula is C15H19Cl2N5OS. The minimum atomic E-state index is -0.0825. The Kier molecular flexibility index (Phi) is 6.14. The molecule has 2 aliphatic carbocycles. The number of hydrogen-bond donors (Lipinski definition) is 2. The van der Waals surface area contributed by atoms with Gasteiger partial charge in [0, 0.05) is 12.2 Å². The summed E-state index contributed by atoms with van der Waals surface area (Å²) >= 11 is 1.34. The summed E-state index contributed by atoms with van der Waals surface area (Å²) in [5.41, 5.74) is 6.97. The number of fused-ring (bicyclic) bond motifs is 2. The van der Waals surface area contributed by atoms with E-state index in [1.807, 2.05) is 18.2 Å². The van der Waals surface area contributed by atoms with Crippen LogP contribution in [0.15, 0.2) is 24.4 Å². The van der Waals surface area contributed by atoms with Crippen molar-refractivity contribution in [2.45, 2.75) is 25.3 Å². The van der Waals surface area contributed by atoms with Crippen LogP contribution in [0.3, 0.4) is 0 Å². The second-order valence-corrected chi connectivity index (χ2v) is 7.03. The van der Waals surface area contributed by atoms with E-state index in [1.54, 1.807) is 6.20 Å². The van der Waals surface area contributed by atoms with E-state index >= 15 is 0 Å². The van der Waals surface area contributed by atoms with Gasteiger partial charge in [0.05, 0.1) is 5.92 Å². The maximum absolute atomic E-state index is 12.5. The zero-order valence-corrected chi connectivity index (χ0v) is 15.2. The van der Waals surface area contributed by atoms with Gasteiger partial charge in [-0.3, -0.25) is 9.78 Å². The molecule has 0 saturated heterocycles. The Morgan fingerprint density at radius 1 is 1.21 bits per heavy atom. The topological polar surface area (TPSA) is 93.8 Å². The van der Waals surface area contributed by atoms with Crippen molar-refractivity contribution in [2.75, 3.05) is 5.32 Å². The highest BCUT2D eigenvalue weighted by atomic mass is 35.5. The number of carbonyl (C=O) groups excluding carboxylic acids is 1. The van der Waals surface area contributed by atoms with E-state index in [1.165, 1.54) is 11.3 Å². The molecule has 2 aromatic rings. The predicted molar refractivity (Wildman–Crippen MR) is 98.6 cm³/mol. The molecule has 0 aliphatic heterocycles. The highest BCUT2D eigenvalue weighted by molar-refractivity contribution is 7.18.